The molecular weight excluding hydrogens is 434 g/mol. The molecule has 2 aromatic carbocycles. The molecular formula is C22H18BrN3O3. The fraction of sp³-hybridized carbons (Fsp3) is 0.0909. The summed E-state index contributed by atoms with van der Waals surface area (Å²) in [6, 6.07) is 20.7. The van der Waals surface area contributed by atoms with Crippen LogP contribution in [0.4, 0.5) is 0 Å². The molecule has 0 spiro atoms. The third-order valence-corrected chi connectivity index (χ3v) is 4.67. The molecule has 1 amide bonds. The van der Waals surface area contributed by atoms with Crippen molar-refractivity contribution >= 4 is 21.8 Å². The summed E-state index contributed by atoms with van der Waals surface area (Å²) >= 11 is 3.40. The number of carbonyl (C=O) groups is 1. The van der Waals surface area contributed by atoms with E-state index in [0.29, 0.717) is 12.3 Å². The first-order chi connectivity index (χ1) is 14.2. The SMILES string of the molecule is O=C(NCc1cnn(-c2ccccc2)c1)c1ccc(COc2cccc(Br)c2)o1. The molecule has 2 aromatic heterocycles. The van der Waals surface area contributed by atoms with Crippen molar-refractivity contribution in [3.05, 3.63) is 101 Å². The smallest absolute Gasteiger partial charge is 0.287 e. The summed E-state index contributed by atoms with van der Waals surface area (Å²) in [6.07, 6.45) is 3.61. The molecule has 29 heavy (non-hydrogen) atoms. The van der Waals surface area contributed by atoms with E-state index in [1.54, 1.807) is 23.0 Å². The van der Waals surface area contributed by atoms with Crippen LogP contribution in [0.1, 0.15) is 21.9 Å². The number of furan rings is 1. The number of ether oxygens (including phenoxy) is 1. The number of hydrogen-bond acceptors (Lipinski definition) is 4. The number of hydrogen-bond donors (Lipinski definition) is 1. The monoisotopic (exact) mass is 451 g/mol. The molecule has 0 fully saturated rings. The molecule has 2 heterocycles. The lowest BCUT2D eigenvalue weighted by Crippen LogP contribution is -2.22. The van der Waals surface area contributed by atoms with E-state index in [9.17, 15) is 4.79 Å². The van der Waals surface area contributed by atoms with Gasteiger partial charge in [0.25, 0.3) is 5.91 Å². The van der Waals surface area contributed by atoms with Crippen LogP contribution in [-0.2, 0) is 13.2 Å². The molecule has 0 aliphatic carbocycles. The van der Waals surface area contributed by atoms with Crippen LogP contribution in [0.15, 0.2) is 88.0 Å². The maximum Gasteiger partial charge on any atom is 0.287 e. The van der Waals surface area contributed by atoms with Gasteiger partial charge >= 0.3 is 0 Å². The molecule has 0 radical (unpaired) electrons. The zero-order valence-electron chi connectivity index (χ0n) is 15.4. The van der Waals surface area contributed by atoms with Gasteiger partial charge in [0.05, 0.1) is 11.9 Å². The van der Waals surface area contributed by atoms with E-state index < -0.39 is 0 Å². The number of benzene rings is 2. The maximum absolute atomic E-state index is 12.3. The molecule has 4 aromatic rings. The van der Waals surface area contributed by atoms with Gasteiger partial charge in [0.1, 0.15) is 18.1 Å². The van der Waals surface area contributed by atoms with Crippen molar-refractivity contribution in [1.82, 2.24) is 15.1 Å². The van der Waals surface area contributed by atoms with E-state index in [2.05, 4.69) is 26.3 Å². The molecule has 0 saturated carbocycles. The van der Waals surface area contributed by atoms with Gasteiger partial charge in [-0.2, -0.15) is 5.10 Å². The summed E-state index contributed by atoms with van der Waals surface area (Å²) in [5.74, 6) is 1.25. The second-order valence-electron chi connectivity index (χ2n) is 6.32. The normalized spacial score (nSPS) is 10.7. The van der Waals surface area contributed by atoms with Crippen LogP contribution in [0.5, 0.6) is 5.75 Å². The van der Waals surface area contributed by atoms with Crippen molar-refractivity contribution < 1.29 is 13.9 Å². The Balaban J connectivity index is 1.31. The Hall–Kier alpha value is -3.32. The summed E-state index contributed by atoms with van der Waals surface area (Å²) in [6.45, 7) is 0.601. The first-order valence-electron chi connectivity index (χ1n) is 9.01. The van der Waals surface area contributed by atoms with E-state index >= 15 is 0 Å². The predicted octanol–water partition coefficient (Wildman–Crippen LogP) is 4.74. The third-order valence-electron chi connectivity index (χ3n) is 4.17. The molecule has 0 unspecified atom stereocenters. The van der Waals surface area contributed by atoms with Crippen molar-refractivity contribution in [2.24, 2.45) is 0 Å². The van der Waals surface area contributed by atoms with Gasteiger partial charge in [-0.15, -0.1) is 0 Å². The van der Waals surface area contributed by atoms with E-state index in [1.807, 2.05) is 60.8 Å². The van der Waals surface area contributed by atoms with Gasteiger partial charge < -0.3 is 14.5 Å². The van der Waals surface area contributed by atoms with E-state index in [1.165, 1.54) is 0 Å². The van der Waals surface area contributed by atoms with Crippen molar-refractivity contribution in [3.8, 4) is 11.4 Å². The highest BCUT2D eigenvalue weighted by Crippen LogP contribution is 2.19. The quantitative estimate of drug-likeness (QED) is 0.440. The molecule has 7 heteroatoms. The lowest BCUT2D eigenvalue weighted by molar-refractivity contribution is 0.0919. The van der Waals surface area contributed by atoms with Crippen LogP contribution in [-0.4, -0.2) is 15.7 Å². The molecule has 146 valence electrons. The van der Waals surface area contributed by atoms with E-state index in [-0.39, 0.29) is 18.3 Å². The summed E-state index contributed by atoms with van der Waals surface area (Å²) in [7, 11) is 0. The molecule has 0 aliphatic rings. The average molecular weight is 452 g/mol. The standard InChI is InChI=1S/C22H18BrN3O3/c23-17-5-4-8-19(11-17)28-15-20-9-10-21(29-20)22(27)24-12-16-13-25-26(14-16)18-6-2-1-3-7-18/h1-11,13-14H,12,15H2,(H,24,27). The second-order valence-corrected chi connectivity index (χ2v) is 7.24. The van der Waals surface area contributed by atoms with Crippen molar-refractivity contribution in [2.75, 3.05) is 0 Å². The fourth-order valence-electron chi connectivity index (χ4n) is 2.73. The summed E-state index contributed by atoms with van der Waals surface area (Å²) in [4.78, 5) is 12.3. The Morgan fingerprint density at radius 1 is 1.10 bits per heavy atom. The number of carbonyl (C=O) groups excluding carboxylic acids is 1. The minimum absolute atomic E-state index is 0.244. The van der Waals surface area contributed by atoms with Gasteiger partial charge in [-0.1, -0.05) is 40.2 Å². The van der Waals surface area contributed by atoms with Crippen molar-refractivity contribution in [2.45, 2.75) is 13.2 Å². The van der Waals surface area contributed by atoms with Crippen LogP contribution in [0, 0.1) is 0 Å². The number of nitrogens with one attached hydrogen (secondary N) is 1. The lowest BCUT2D eigenvalue weighted by Gasteiger charge is -2.04. The van der Waals surface area contributed by atoms with E-state index in [0.717, 1.165) is 21.5 Å². The van der Waals surface area contributed by atoms with Gasteiger partial charge in [-0.3, -0.25) is 4.79 Å². The molecule has 1 N–H and O–H groups in total. The molecule has 0 bridgehead atoms. The Kier molecular flexibility index (Phi) is 5.76. The van der Waals surface area contributed by atoms with Gasteiger partial charge in [-0.25, -0.2) is 4.68 Å². The third kappa shape index (κ3) is 4.94. The van der Waals surface area contributed by atoms with Crippen LogP contribution >= 0.6 is 15.9 Å². The van der Waals surface area contributed by atoms with Crippen molar-refractivity contribution in [1.29, 1.82) is 0 Å². The molecule has 6 nitrogen and oxygen atoms in total. The number of para-hydroxylation sites is 1. The predicted molar refractivity (Wildman–Crippen MR) is 112 cm³/mol. The van der Waals surface area contributed by atoms with Gasteiger partial charge in [0.15, 0.2) is 5.76 Å². The van der Waals surface area contributed by atoms with Gasteiger partial charge in [-0.05, 0) is 42.5 Å². The zero-order chi connectivity index (χ0) is 20.1. The molecule has 0 atom stereocenters. The summed E-state index contributed by atoms with van der Waals surface area (Å²) in [5, 5.41) is 7.16. The minimum atomic E-state index is -0.286. The fourth-order valence-corrected chi connectivity index (χ4v) is 3.11. The van der Waals surface area contributed by atoms with Crippen LogP contribution in [0.25, 0.3) is 5.69 Å². The van der Waals surface area contributed by atoms with Crippen LogP contribution in [0.3, 0.4) is 0 Å². The average Bonchev–Trinajstić information content (AvgIpc) is 3.41. The number of halogens is 1. The number of amides is 1. The number of aromatic nitrogens is 2. The highest BCUT2D eigenvalue weighted by Gasteiger charge is 2.12. The van der Waals surface area contributed by atoms with Gasteiger partial charge in [0.2, 0.25) is 0 Å². The molecule has 0 saturated heterocycles. The molecule has 4 rings (SSSR count). The highest BCUT2D eigenvalue weighted by molar-refractivity contribution is 9.10. The van der Waals surface area contributed by atoms with E-state index in [4.69, 9.17) is 9.15 Å². The van der Waals surface area contributed by atoms with Crippen LogP contribution in [0.2, 0.25) is 0 Å². The number of rotatable bonds is 7. The van der Waals surface area contributed by atoms with Crippen molar-refractivity contribution in [3.63, 3.8) is 0 Å². The Bertz CT molecular complexity index is 1110. The van der Waals surface area contributed by atoms with Crippen LogP contribution < -0.4 is 10.1 Å². The highest BCUT2D eigenvalue weighted by atomic mass is 79.9. The Morgan fingerprint density at radius 2 is 1.97 bits per heavy atom. The minimum Gasteiger partial charge on any atom is -0.486 e. The largest absolute Gasteiger partial charge is 0.486 e. The molecule has 0 aliphatic heterocycles. The maximum atomic E-state index is 12.3. The number of nitrogens with zero attached hydrogens (tertiary/aromatic N) is 2. The summed E-state index contributed by atoms with van der Waals surface area (Å²) in [5.41, 5.74) is 1.86. The Morgan fingerprint density at radius 3 is 2.79 bits per heavy atom. The topological polar surface area (TPSA) is 69.3 Å². The summed E-state index contributed by atoms with van der Waals surface area (Å²) < 4.78 is 14.0. The first-order valence-corrected chi connectivity index (χ1v) is 9.81. The zero-order valence-corrected chi connectivity index (χ0v) is 17.0. The van der Waals surface area contributed by atoms with Gasteiger partial charge in [0, 0.05) is 22.8 Å². The lowest BCUT2D eigenvalue weighted by atomic mass is 10.3. The first kappa shape index (κ1) is 19.0. The second kappa shape index (κ2) is 8.79. The Labute approximate surface area is 176 Å².